The average molecular weight is 355 g/mol. The van der Waals surface area contributed by atoms with Crippen molar-refractivity contribution in [3.8, 4) is 11.5 Å². The monoisotopic (exact) mass is 355 g/mol. The fourth-order valence-corrected chi connectivity index (χ4v) is 3.38. The number of hydrogen-bond donors (Lipinski definition) is 1. The molecule has 0 radical (unpaired) electrons. The molecular weight excluding hydrogens is 337 g/mol. The lowest BCUT2D eigenvalue weighted by molar-refractivity contribution is 0.339. The molecule has 0 unspecified atom stereocenters. The van der Waals surface area contributed by atoms with Crippen LogP contribution < -0.4 is 14.8 Å². The Morgan fingerprint density at radius 2 is 1.92 bits per heavy atom. The molecule has 4 rings (SSSR count). The maximum Gasteiger partial charge on any atom is 0.243 e. The molecule has 26 heavy (non-hydrogen) atoms. The van der Waals surface area contributed by atoms with Crippen LogP contribution in [0.1, 0.15) is 29.6 Å². The predicted octanol–water partition coefficient (Wildman–Crippen LogP) is 2.98. The van der Waals surface area contributed by atoms with Crippen LogP contribution in [0.15, 0.2) is 42.5 Å². The van der Waals surface area contributed by atoms with Crippen molar-refractivity contribution in [3.63, 3.8) is 0 Å². The highest BCUT2D eigenvalue weighted by molar-refractivity contribution is 5.50. The summed E-state index contributed by atoms with van der Waals surface area (Å²) in [4.78, 5) is 0. The van der Waals surface area contributed by atoms with Crippen LogP contribution in [0.3, 0.4) is 0 Å². The first-order valence-electron chi connectivity index (χ1n) is 8.22. The Kier molecular flexibility index (Phi) is 4.16. The Morgan fingerprint density at radius 3 is 2.65 bits per heavy atom. The molecule has 0 aliphatic carbocycles. The van der Waals surface area contributed by atoms with Gasteiger partial charge in [0.25, 0.3) is 0 Å². The van der Waals surface area contributed by atoms with Gasteiger partial charge in [-0.15, -0.1) is 0 Å². The van der Waals surface area contributed by atoms with Crippen LogP contribution in [0.25, 0.3) is 0 Å². The lowest BCUT2D eigenvalue weighted by Gasteiger charge is -2.31. The first kappa shape index (κ1) is 16.3. The van der Waals surface area contributed by atoms with Crippen molar-refractivity contribution >= 4 is 5.95 Å². The van der Waals surface area contributed by atoms with Crippen molar-refractivity contribution in [2.75, 3.05) is 19.5 Å². The number of hydrogen-bond acceptors (Lipinski definition) is 6. The third-order valence-electron chi connectivity index (χ3n) is 4.62. The number of benzene rings is 2. The van der Waals surface area contributed by atoms with Crippen LogP contribution in [0.4, 0.5) is 10.3 Å². The van der Waals surface area contributed by atoms with E-state index in [0.717, 1.165) is 11.1 Å². The number of para-hydroxylation sites is 1. The summed E-state index contributed by atoms with van der Waals surface area (Å²) in [6.07, 6.45) is 0.674. The minimum atomic E-state index is -0.264. The molecule has 0 saturated carbocycles. The van der Waals surface area contributed by atoms with E-state index < -0.39 is 0 Å². The summed E-state index contributed by atoms with van der Waals surface area (Å²) in [5.74, 6) is 1.60. The number of methoxy groups -OCH3 is 2. The van der Waals surface area contributed by atoms with Crippen molar-refractivity contribution in [2.45, 2.75) is 18.5 Å². The predicted molar refractivity (Wildman–Crippen MR) is 92.9 cm³/mol. The molecule has 2 atom stereocenters. The van der Waals surface area contributed by atoms with E-state index in [0.29, 0.717) is 23.9 Å². The van der Waals surface area contributed by atoms with E-state index in [1.165, 1.54) is 12.1 Å². The van der Waals surface area contributed by atoms with Crippen molar-refractivity contribution in [3.05, 3.63) is 59.4 Å². The molecule has 1 aliphatic heterocycles. The Morgan fingerprint density at radius 1 is 1.12 bits per heavy atom. The average Bonchev–Trinajstić information content (AvgIpc) is 3.15. The molecule has 7 nitrogen and oxygen atoms in total. The Labute approximate surface area is 149 Å². The molecule has 134 valence electrons. The highest BCUT2D eigenvalue weighted by atomic mass is 19.1. The van der Waals surface area contributed by atoms with E-state index >= 15 is 0 Å². The van der Waals surface area contributed by atoms with Gasteiger partial charge in [0.1, 0.15) is 5.82 Å². The molecule has 0 spiro atoms. The number of rotatable bonds is 4. The summed E-state index contributed by atoms with van der Waals surface area (Å²) in [5.41, 5.74) is 1.89. The summed E-state index contributed by atoms with van der Waals surface area (Å²) < 4.78 is 26.0. The minimum Gasteiger partial charge on any atom is -0.493 e. The quantitative estimate of drug-likeness (QED) is 0.776. The van der Waals surface area contributed by atoms with Gasteiger partial charge in [0.05, 0.1) is 26.3 Å². The van der Waals surface area contributed by atoms with Crippen molar-refractivity contribution < 1.29 is 13.9 Å². The molecule has 3 aromatic rings. The molecule has 2 heterocycles. The number of aromatic nitrogens is 4. The Hall–Kier alpha value is -3.16. The van der Waals surface area contributed by atoms with E-state index in [1.54, 1.807) is 31.0 Å². The second-order valence-electron chi connectivity index (χ2n) is 6.03. The standard InChI is InChI=1S/C18H18FN5O2/c1-25-16-5-3-4-13(17(16)26-2)15-10-14(11-6-8-12(19)9-7-11)20-18-21-22-23-24(15)18/h3-9,14-15H,10H2,1-2H3,(H,20,21,23)/t14-,15-/m0/s1. The SMILES string of the molecule is COc1cccc([C@@H]2C[C@@H](c3ccc(F)cc3)Nc3nnnn32)c1OC. The minimum absolute atomic E-state index is 0.0602. The lowest BCUT2D eigenvalue weighted by Crippen LogP contribution is -2.28. The normalized spacial score (nSPS) is 18.7. The molecule has 0 bridgehead atoms. The van der Waals surface area contributed by atoms with E-state index in [2.05, 4.69) is 20.8 Å². The molecule has 8 heteroatoms. The van der Waals surface area contributed by atoms with Gasteiger partial charge in [0.2, 0.25) is 5.95 Å². The Bertz CT molecular complexity index is 912. The summed E-state index contributed by atoms with van der Waals surface area (Å²) in [6.45, 7) is 0. The number of nitrogens with zero attached hydrogens (tertiary/aromatic N) is 4. The second-order valence-corrected chi connectivity index (χ2v) is 6.03. The van der Waals surface area contributed by atoms with Gasteiger partial charge in [-0.1, -0.05) is 29.4 Å². The van der Waals surface area contributed by atoms with Gasteiger partial charge in [-0.05, 0) is 40.6 Å². The molecule has 1 N–H and O–H groups in total. The van der Waals surface area contributed by atoms with Crippen molar-refractivity contribution in [1.82, 2.24) is 20.2 Å². The fourth-order valence-electron chi connectivity index (χ4n) is 3.38. The number of fused-ring (bicyclic) bond motifs is 1. The fraction of sp³-hybridized carbons (Fsp3) is 0.278. The van der Waals surface area contributed by atoms with Gasteiger partial charge in [-0.2, -0.15) is 0 Å². The molecule has 0 saturated heterocycles. The molecule has 1 aliphatic rings. The highest BCUT2D eigenvalue weighted by Crippen LogP contribution is 2.43. The first-order valence-corrected chi connectivity index (χ1v) is 8.22. The van der Waals surface area contributed by atoms with Crippen LogP contribution in [-0.4, -0.2) is 34.4 Å². The van der Waals surface area contributed by atoms with Crippen LogP contribution in [0, 0.1) is 5.82 Å². The number of tetrazole rings is 1. The zero-order chi connectivity index (χ0) is 18.1. The number of nitrogens with one attached hydrogen (secondary N) is 1. The molecule has 2 aromatic carbocycles. The van der Waals surface area contributed by atoms with Gasteiger partial charge in [0, 0.05) is 5.56 Å². The third kappa shape index (κ3) is 2.73. The zero-order valence-electron chi connectivity index (χ0n) is 14.4. The summed E-state index contributed by atoms with van der Waals surface area (Å²) in [7, 11) is 3.22. The summed E-state index contributed by atoms with van der Waals surface area (Å²) in [5, 5.41) is 15.3. The van der Waals surface area contributed by atoms with E-state index in [-0.39, 0.29) is 17.9 Å². The van der Waals surface area contributed by atoms with Gasteiger partial charge in [-0.25, -0.2) is 9.07 Å². The van der Waals surface area contributed by atoms with E-state index in [9.17, 15) is 4.39 Å². The number of anilines is 1. The molecule has 0 fully saturated rings. The van der Waals surface area contributed by atoms with E-state index in [4.69, 9.17) is 9.47 Å². The third-order valence-corrected chi connectivity index (χ3v) is 4.62. The van der Waals surface area contributed by atoms with Crippen molar-refractivity contribution in [2.24, 2.45) is 0 Å². The molecular formula is C18H18FN5O2. The Balaban J connectivity index is 1.78. The first-order chi connectivity index (χ1) is 12.7. The van der Waals surface area contributed by atoms with Crippen LogP contribution in [-0.2, 0) is 0 Å². The van der Waals surface area contributed by atoms with Gasteiger partial charge >= 0.3 is 0 Å². The summed E-state index contributed by atoms with van der Waals surface area (Å²) >= 11 is 0. The van der Waals surface area contributed by atoms with Gasteiger partial charge < -0.3 is 14.8 Å². The second kappa shape index (κ2) is 6.62. The molecule has 0 amide bonds. The van der Waals surface area contributed by atoms with Gasteiger partial charge in [-0.3, -0.25) is 0 Å². The number of ether oxygens (including phenoxy) is 2. The largest absolute Gasteiger partial charge is 0.493 e. The summed E-state index contributed by atoms with van der Waals surface area (Å²) in [6, 6.07) is 12.0. The highest BCUT2D eigenvalue weighted by Gasteiger charge is 2.33. The van der Waals surface area contributed by atoms with Crippen LogP contribution in [0.2, 0.25) is 0 Å². The van der Waals surface area contributed by atoms with Crippen LogP contribution >= 0.6 is 0 Å². The maximum absolute atomic E-state index is 13.3. The lowest BCUT2D eigenvalue weighted by atomic mass is 9.92. The van der Waals surface area contributed by atoms with Gasteiger partial charge in [0.15, 0.2) is 11.5 Å². The molecule has 1 aromatic heterocycles. The van der Waals surface area contributed by atoms with E-state index in [1.807, 2.05) is 18.2 Å². The van der Waals surface area contributed by atoms with Crippen molar-refractivity contribution in [1.29, 1.82) is 0 Å². The number of halogens is 1. The maximum atomic E-state index is 13.3. The topological polar surface area (TPSA) is 74.1 Å². The zero-order valence-corrected chi connectivity index (χ0v) is 14.4. The smallest absolute Gasteiger partial charge is 0.243 e. The van der Waals surface area contributed by atoms with Crippen LogP contribution in [0.5, 0.6) is 11.5 Å².